The summed E-state index contributed by atoms with van der Waals surface area (Å²) in [6.07, 6.45) is 2.91. The van der Waals surface area contributed by atoms with Crippen molar-refractivity contribution in [2.24, 2.45) is 0 Å². The van der Waals surface area contributed by atoms with Gasteiger partial charge in [0.05, 0.1) is 18.7 Å². The molecule has 33 heavy (non-hydrogen) atoms. The summed E-state index contributed by atoms with van der Waals surface area (Å²) < 4.78 is 11.3. The number of likely N-dealkylation sites (tertiary alicyclic amines) is 1. The van der Waals surface area contributed by atoms with Gasteiger partial charge in [0.15, 0.2) is 0 Å². The molecule has 1 saturated heterocycles. The number of aromatic nitrogens is 2. The minimum atomic E-state index is 0.116. The molecule has 2 aromatic carbocycles. The maximum absolute atomic E-state index is 12.8. The Kier molecular flexibility index (Phi) is 7.73. The van der Waals surface area contributed by atoms with Gasteiger partial charge in [-0.3, -0.25) is 9.69 Å². The molecule has 0 saturated carbocycles. The zero-order valence-electron chi connectivity index (χ0n) is 19.4. The van der Waals surface area contributed by atoms with Crippen LogP contribution >= 0.6 is 0 Å². The fourth-order valence-electron chi connectivity index (χ4n) is 4.41. The van der Waals surface area contributed by atoms with Gasteiger partial charge in [-0.2, -0.15) is 4.98 Å². The topological polar surface area (TPSA) is 71.7 Å². The van der Waals surface area contributed by atoms with Gasteiger partial charge in [-0.1, -0.05) is 42.4 Å². The molecule has 7 heteroatoms. The van der Waals surface area contributed by atoms with Crippen LogP contribution in [0.3, 0.4) is 0 Å². The third-order valence-electron chi connectivity index (χ3n) is 6.03. The van der Waals surface area contributed by atoms with E-state index in [2.05, 4.69) is 22.0 Å². The van der Waals surface area contributed by atoms with E-state index < -0.39 is 0 Å². The molecule has 4 rings (SSSR count). The molecule has 0 spiro atoms. The van der Waals surface area contributed by atoms with Gasteiger partial charge in [0.25, 0.3) is 5.91 Å². The van der Waals surface area contributed by atoms with Crippen LogP contribution in [0.5, 0.6) is 5.75 Å². The Labute approximate surface area is 195 Å². The largest absolute Gasteiger partial charge is 0.493 e. The molecule has 1 fully saturated rings. The number of hydrogen-bond acceptors (Lipinski definition) is 6. The van der Waals surface area contributed by atoms with Gasteiger partial charge < -0.3 is 14.2 Å². The second kappa shape index (κ2) is 11.1. The van der Waals surface area contributed by atoms with E-state index in [0.717, 1.165) is 55.8 Å². The predicted molar refractivity (Wildman–Crippen MR) is 127 cm³/mol. The fourth-order valence-corrected chi connectivity index (χ4v) is 4.41. The summed E-state index contributed by atoms with van der Waals surface area (Å²) >= 11 is 0. The van der Waals surface area contributed by atoms with Crippen molar-refractivity contribution in [2.45, 2.75) is 45.7 Å². The van der Waals surface area contributed by atoms with Crippen molar-refractivity contribution in [3.63, 3.8) is 0 Å². The zero-order valence-corrected chi connectivity index (χ0v) is 19.4. The van der Waals surface area contributed by atoms with Crippen LogP contribution in [0.25, 0.3) is 11.4 Å². The van der Waals surface area contributed by atoms with Crippen molar-refractivity contribution < 1.29 is 14.1 Å². The summed E-state index contributed by atoms with van der Waals surface area (Å²) in [5.41, 5.74) is 1.59. The number of carbonyl (C=O) groups excluding carboxylic acids is 1. The molecule has 0 bridgehead atoms. The van der Waals surface area contributed by atoms with Crippen LogP contribution < -0.4 is 4.74 Å². The Morgan fingerprint density at radius 1 is 1.09 bits per heavy atom. The molecule has 1 amide bonds. The Bertz CT molecular complexity index is 1030. The lowest BCUT2D eigenvalue weighted by Gasteiger charge is -2.38. The SMILES string of the molecule is CCCN(Cc1nc(-c2ccccc2OCC)no1)C1CCN(C(=O)c2ccccc2)CC1. The molecule has 174 valence electrons. The van der Waals surface area contributed by atoms with Crippen molar-refractivity contribution in [3.8, 4) is 17.1 Å². The van der Waals surface area contributed by atoms with Crippen molar-refractivity contribution in [1.82, 2.24) is 19.9 Å². The predicted octanol–water partition coefficient (Wildman–Crippen LogP) is 4.65. The molecular weight excluding hydrogens is 416 g/mol. The molecule has 2 heterocycles. The fraction of sp³-hybridized carbons (Fsp3) is 0.423. The normalized spacial score (nSPS) is 14.6. The first-order valence-electron chi connectivity index (χ1n) is 11.8. The highest BCUT2D eigenvalue weighted by atomic mass is 16.5. The summed E-state index contributed by atoms with van der Waals surface area (Å²) in [5, 5.41) is 4.21. The lowest BCUT2D eigenvalue weighted by Crippen LogP contribution is -2.46. The number of para-hydroxylation sites is 1. The molecule has 0 N–H and O–H groups in total. The number of benzene rings is 2. The second-order valence-corrected chi connectivity index (χ2v) is 8.30. The van der Waals surface area contributed by atoms with Crippen molar-refractivity contribution >= 4 is 5.91 Å². The molecular formula is C26H32N4O3. The number of carbonyl (C=O) groups is 1. The Morgan fingerprint density at radius 3 is 2.55 bits per heavy atom. The van der Waals surface area contributed by atoms with Crippen molar-refractivity contribution in [2.75, 3.05) is 26.2 Å². The molecule has 1 aliphatic heterocycles. The molecule has 7 nitrogen and oxygen atoms in total. The molecule has 0 aliphatic carbocycles. The van der Waals surface area contributed by atoms with Crippen molar-refractivity contribution in [1.29, 1.82) is 0 Å². The Morgan fingerprint density at radius 2 is 1.82 bits per heavy atom. The van der Waals surface area contributed by atoms with E-state index in [4.69, 9.17) is 9.26 Å². The van der Waals surface area contributed by atoms with E-state index in [9.17, 15) is 4.79 Å². The smallest absolute Gasteiger partial charge is 0.253 e. The quantitative estimate of drug-likeness (QED) is 0.474. The third kappa shape index (κ3) is 5.60. The van der Waals surface area contributed by atoms with Crippen LogP contribution in [0.2, 0.25) is 0 Å². The summed E-state index contributed by atoms with van der Waals surface area (Å²) in [6, 6.07) is 17.7. The molecule has 1 aliphatic rings. The van der Waals surface area contributed by atoms with Crippen molar-refractivity contribution in [3.05, 3.63) is 66.1 Å². The van der Waals surface area contributed by atoms with Gasteiger partial charge in [0, 0.05) is 24.7 Å². The lowest BCUT2D eigenvalue weighted by molar-refractivity contribution is 0.0590. The Hall–Kier alpha value is -3.19. The van der Waals surface area contributed by atoms with Gasteiger partial charge in [0.1, 0.15) is 5.75 Å². The zero-order chi connectivity index (χ0) is 23.0. The van der Waals surface area contributed by atoms with Gasteiger partial charge in [0.2, 0.25) is 11.7 Å². The van der Waals surface area contributed by atoms with E-state index in [1.807, 2.05) is 66.4 Å². The second-order valence-electron chi connectivity index (χ2n) is 8.30. The summed E-state index contributed by atoms with van der Waals surface area (Å²) in [6.45, 7) is 7.79. The number of ether oxygens (including phenoxy) is 1. The third-order valence-corrected chi connectivity index (χ3v) is 6.03. The minimum absolute atomic E-state index is 0.116. The number of piperidine rings is 1. The molecule has 0 radical (unpaired) electrons. The number of rotatable bonds is 9. The molecule has 0 unspecified atom stereocenters. The van der Waals surface area contributed by atoms with Crippen LogP contribution in [0.1, 0.15) is 49.4 Å². The first-order chi connectivity index (χ1) is 16.2. The first-order valence-corrected chi connectivity index (χ1v) is 11.8. The van der Waals surface area contributed by atoms with E-state index in [1.54, 1.807) is 0 Å². The highest BCUT2D eigenvalue weighted by molar-refractivity contribution is 5.94. The minimum Gasteiger partial charge on any atom is -0.493 e. The maximum atomic E-state index is 12.8. The van der Waals surface area contributed by atoms with Crippen LogP contribution in [0.15, 0.2) is 59.1 Å². The number of amides is 1. The molecule has 1 aromatic heterocycles. The van der Waals surface area contributed by atoms with Crippen LogP contribution in [-0.2, 0) is 6.54 Å². The van der Waals surface area contributed by atoms with E-state index in [0.29, 0.717) is 30.9 Å². The van der Waals surface area contributed by atoms with E-state index in [-0.39, 0.29) is 5.91 Å². The summed E-state index contributed by atoms with van der Waals surface area (Å²) in [7, 11) is 0. The highest BCUT2D eigenvalue weighted by Gasteiger charge is 2.28. The Balaban J connectivity index is 1.40. The summed E-state index contributed by atoms with van der Waals surface area (Å²) in [4.78, 5) is 21.8. The number of hydrogen-bond donors (Lipinski definition) is 0. The van der Waals surface area contributed by atoms with Gasteiger partial charge in [-0.15, -0.1) is 0 Å². The summed E-state index contributed by atoms with van der Waals surface area (Å²) in [5.74, 6) is 2.03. The average molecular weight is 449 g/mol. The van der Waals surface area contributed by atoms with Gasteiger partial charge in [-0.05, 0) is 57.0 Å². The van der Waals surface area contributed by atoms with Crippen LogP contribution in [-0.4, -0.2) is 58.1 Å². The monoisotopic (exact) mass is 448 g/mol. The first kappa shape index (κ1) is 23.0. The van der Waals surface area contributed by atoms with E-state index in [1.165, 1.54) is 0 Å². The maximum Gasteiger partial charge on any atom is 0.253 e. The molecule has 0 atom stereocenters. The van der Waals surface area contributed by atoms with Gasteiger partial charge >= 0.3 is 0 Å². The lowest BCUT2D eigenvalue weighted by atomic mass is 10.0. The molecule has 3 aromatic rings. The van der Waals surface area contributed by atoms with Gasteiger partial charge in [-0.25, -0.2) is 0 Å². The number of nitrogens with zero attached hydrogens (tertiary/aromatic N) is 4. The van der Waals surface area contributed by atoms with Crippen LogP contribution in [0, 0.1) is 0 Å². The standard InChI is InChI=1S/C26H32N4O3/c1-3-16-30(21-14-17-29(18-15-21)26(31)20-10-6-5-7-11-20)19-24-27-25(28-33-24)22-12-8-9-13-23(22)32-4-2/h5-13,21H,3-4,14-19H2,1-2H3. The highest BCUT2D eigenvalue weighted by Crippen LogP contribution is 2.28. The average Bonchev–Trinajstić information content (AvgIpc) is 3.33. The van der Waals surface area contributed by atoms with Crippen LogP contribution in [0.4, 0.5) is 0 Å². The van der Waals surface area contributed by atoms with E-state index >= 15 is 0 Å².